The molecule has 0 saturated heterocycles. The maximum absolute atomic E-state index is 4.39. The quantitative estimate of drug-likeness (QED) is 0.673. The maximum Gasteiger partial charge on any atom is 0.138 e. The zero-order valence-corrected chi connectivity index (χ0v) is 8.59. The summed E-state index contributed by atoms with van der Waals surface area (Å²) in [6, 6.07) is 4.14. The summed E-state index contributed by atoms with van der Waals surface area (Å²) >= 11 is 3.48. The lowest BCUT2D eigenvalue weighted by atomic mass is 10.3. The fourth-order valence-corrected chi connectivity index (χ4v) is 1.62. The summed E-state index contributed by atoms with van der Waals surface area (Å²) < 4.78 is 3.07. The van der Waals surface area contributed by atoms with Crippen LogP contribution >= 0.6 is 15.9 Å². The lowest BCUT2D eigenvalue weighted by Gasteiger charge is -1.95. The number of pyridine rings is 1. The highest BCUT2D eigenvalue weighted by Crippen LogP contribution is 2.18. The summed E-state index contributed by atoms with van der Waals surface area (Å²) in [6.07, 6.45) is 2.02. The molecule has 12 heavy (non-hydrogen) atoms. The molecule has 2 heterocycles. The molecule has 2 rings (SSSR count). The molecule has 0 unspecified atom stereocenters. The molecule has 0 aliphatic rings. The molecule has 0 radical (unpaired) electrons. The number of imidazole rings is 1. The lowest BCUT2D eigenvalue weighted by Crippen LogP contribution is -1.84. The van der Waals surface area contributed by atoms with Gasteiger partial charge in [0.25, 0.3) is 0 Å². The van der Waals surface area contributed by atoms with E-state index in [1.807, 2.05) is 17.5 Å². The average Bonchev–Trinajstić information content (AvgIpc) is 2.28. The predicted octanol–water partition coefficient (Wildman–Crippen LogP) is 2.71. The van der Waals surface area contributed by atoms with Crippen molar-refractivity contribution in [2.45, 2.75) is 13.8 Å². The van der Waals surface area contributed by atoms with E-state index in [1.165, 1.54) is 5.56 Å². The number of rotatable bonds is 0. The Morgan fingerprint density at radius 3 is 2.92 bits per heavy atom. The molecule has 3 heteroatoms. The fraction of sp³-hybridized carbons (Fsp3) is 0.222. The van der Waals surface area contributed by atoms with Gasteiger partial charge in [-0.2, -0.15) is 0 Å². The van der Waals surface area contributed by atoms with E-state index in [-0.39, 0.29) is 0 Å². The van der Waals surface area contributed by atoms with Gasteiger partial charge in [0, 0.05) is 6.20 Å². The summed E-state index contributed by atoms with van der Waals surface area (Å²) in [4.78, 5) is 4.39. The van der Waals surface area contributed by atoms with Crippen LogP contribution in [0, 0.1) is 13.8 Å². The standard InChI is InChI=1S/C9H9BrN2/c1-6-3-4-12-8(5-6)11-7(2)9(12)10/h3-5H,1-2H3. The number of hydrogen-bond donors (Lipinski definition) is 0. The average molecular weight is 225 g/mol. The first-order valence-electron chi connectivity index (χ1n) is 3.79. The van der Waals surface area contributed by atoms with Gasteiger partial charge in [-0.05, 0) is 47.5 Å². The lowest BCUT2D eigenvalue weighted by molar-refractivity contribution is 1.13. The molecule has 0 bridgehead atoms. The maximum atomic E-state index is 4.39. The third-order valence-electron chi connectivity index (χ3n) is 1.88. The van der Waals surface area contributed by atoms with Crippen LogP contribution in [0.5, 0.6) is 0 Å². The first-order chi connectivity index (χ1) is 5.68. The molecule has 2 aromatic rings. The minimum absolute atomic E-state index is 0.999. The van der Waals surface area contributed by atoms with Crippen LogP contribution in [0.2, 0.25) is 0 Å². The summed E-state index contributed by atoms with van der Waals surface area (Å²) in [5.41, 5.74) is 3.26. The number of fused-ring (bicyclic) bond motifs is 1. The highest BCUT2D eigenvalue weighted by atomic mass is 79.9. The van der Waals surface area contributed by atoms with E-state index < -0.39 is 0 Å². The van der Waals surface area contributed by atoms with Crippen LogP contribution < -0.4 is 0 Å². The number of aryl methyl sites for hydroxylation is 2. The normalized spacial score (nSPS) is 10.9. The Bertz CT molecular complexity index is 431. The molecule has 0 aliphatic carbocycles. The molecule has 0 atom stereocenters. The van der Waals surface area contributed by atoms with Crippen molar-refractivity contribution in [3.63, 3.8) is 0 Å². The van der Waals surface area contributed by atoms with Gasteiger partial charge in [-0.25, -0.2) is 4.98 Å². The van der Waals surface area contributed by atoms with Crippen LogP contribution in [0.4, 0.5) is 0 Å². The second-order valence-electron chi connectivity index (χ2n) is 2.92. The van der Waals surface area contributed by atoms with Gasteiger partial charge in [0.15, 0.2) is 0 Å². The first-order valence-corrected chi connectivity index (χ1v) is 4.58. The first kappa shape index (κ1) is 7.80. The third kappa shape index (κ3) is 1.05. The topological polar surface area (TPSA) is 17.3 Å². The summed E-state index contributed by atoms with van der Waals surface area (Å²) in [5, 5.41) is 0. The zero-order valence-electron chi connectivity index (χ0n) is 7.00. The van der Waals surface area contributed by atoms with Crippen molar-refractivity contribution >= 4 is 21.6 Å². The van der Waals surface area contributed by atoms with Crippen LogP contribution in [0.3, 0.4) is 0 Å². The molecular formula is C9H9BrN2. The van der Waals surface area contributed by atoms with Crippen LogP contribution in [-0.2, 0) is 0 Å². The van der Waals surface area contributed by atoms with Gasteiger partial charge in [0.05, 0.1) is 5.69 Å². The molecule has 0 spiro atoms. The van der Waals surface area contributed by atoms with Gasteiger partial charge in [0.1, 0.15) is 10.3 Å². The van der Waals surface area contributed by atoms with Crippen molar-refractivity contribution in [1.82, 2.24) is 9.38 Å². The number of nitrogens with zero attached hydrogens (tertiary/aromatic N) is 2. The van der Waals surface area contributed by atoms with Crippen LogP contribution in [-0.4, -0.2) is 9.38 Å². The Labute approximate surface area is 79.4 Å². The van der Waals surface area contributed by atoms with E-state index in [1.54, 1.807) is 0 Å². The van der Waals surface area contributed by atoms with E-state index in [4.69, 9.17) is 0 Å². The Balaban J connectivity index is 2.87. The van der Waals surface area contributed by atoms with Gasteiger partial charge in [-0.3, -0.25) is 4.40 Å². The SMILES string of the molecule is Cc1ccn2c(Br)c(C)nc2c1. The molecule has 0 aliphatic heterocycles. The molecule has 0 N–H and O–H groups in total. The van der Waals surface area contributed by atoms with E-state index in [9.17, 15) is 0 Å². The van der Waals surface area contributed by atoms with Gasteiger partial charge in [-0.1, -0.05) is 0 Å². The summed E-state index contributed by atoms with van der Waals surface area (Å²) in [6.45, 7) is 4.06. The number of hydrogen-bond acceptors (Lipinski definition) is 1. The monoisotopic (exact) mass is 224 g/mol. The molecule has 62 valence electrons. The fourth-order valence-electron chi connectivity index (χ4n) is 1.23. The Morgan fingerprint density at radius 1 is 1.42 bits per heavy atom. The van der Waals surface area contributed by atoms with Crippen molar-refractivity contribution in [3.8, 4) is 0 Å². The predicted molar refractivity (Wildman–Crippen MR) is 52.4 cm³/mol. The second-order valence-corrected chi connectivity index (χ2v) is 3.67. The summed E-state index contributed by atoms with van der Waals surface area (Å²) in [7, 11) is 0. The van der Waals surface area contributed by atoms with Gasteiger partial charge < -0.3 is 0 Å². The molecule has 2 aromatic heterocycles. The van der Waals surface area contributed by atoms with E-state index in [0.29, 0.717) is 0 Å². The van der Waals surface area contributed by atoms with Crippen LogP contribution in [0.15, 0.2) is 22.9 Å². The van der Waals surface area contributed by atoms with Crippen molar-refractivity contribution < 1.29 is 0 Å². The van der Waals surface area contributed by atoms with Crippen LogP contribution in [0.1, 0.15) is 11.3 Å². The van der Waals surface area contributed by atoms with E-state index >= 15 is 0 Å². The minimum atomic E-state index is 0.999. The van der Waals surface area contributed by atoms with Gasteiger partial charge in [0.2, 0.25) is 0 Å². The minimum Gasteiger partial charge on any atom is -0.294 e. The van der Waals surface area contributed by atoms with Crippen molar-refractivity contribution in [2.75, 3.05) is 0 Å². The van der Waals surface area contributed by atoms with E-state index in [0.717, 1.165) is 15.9 Å². The molecule has 0 amide bonds. The van der Waals surface area contributed by atoms with Crippen LogP contribution in [0.25, 0.3) is 5.65 Å². The van der Waals surface area contributed by atoms with E-state index in [2.05, 4.69) is 40.0 Å². The molecule has 0 saturated carbocycles. The molecular weight excluding hydrogens is 216 g/mol. The largest absolute Gasteiger partial charge is 0.294 e. The zero-order chi connectivity index (χ0) is 8.72. The highest BCUT2D eigenvalue weighted by molar-refractivity contribution is 9.10. The smallest absolute Gasteiger partial charge is 0.138 e. The Morgan fingerprint density at radius 2 is 2.17 bits per heavy atom. The van der Waals surface area contributed by atoms with Crippen molar-refractivity contribution in [2.24, 2.45) is 0 Å². The summed E-state index contributed by atoms with van der Waals surface area (Å²) in [5.74, 6) is 0. The third-order valence-corrected chi connectivity index (χ3v) is 2.84. The second kappa shape index (κ2) is 2.59. The number of aromatic nitrogens is 2. The number of halogens is 1. The Kier molecular flexibility index (Phi) is 1.68. The van der Waals surface area contributed by atoms with Crippen molar-refractivity contribution in [3.05, 3.63) is 34.2 Å². The highest BCUT2D eigenvalue weighted by Gasteiger charge is 2.03. The molecule has 0 fully saturated rings. The Hall–Kier alpha value is -0.830. The van der Waals surface area contributed by atoms with Crippen molar-refractivity contribution in [1.29, 1.82) is 0 Å². The molecule has 0 aromatic carbocycles. The van der Waals surface area contributed by atoms with Gasteiger partial charge >= 0.3 is 0 Å². The molecule has 2 nitrogen and oxygen atoms in total. The van der Waals surface area contributed by atoms with Gasteiger partial charge in [-0.15, -0.1) is 0 Å².